The number of hydrogen-bond acceptors (Lipinski definition) is 5. The highest BCUT2D eigenvalue weighted by atomic mass is 16.6. The van der Waals surface area contributed by atoms with Gasteiger partial charge in [0.2, 0.25) is 5.78 Å². The Balaban J connectivity index is 2.27. The van der Waals surface area contributed by atoms with Crippen LogP contribution >= 0.6 is 0 Å². The van der Waals surface area contributed by atoms with Crippen molar-refractivity contribution in [2.75, 3.05) is 34.3 Å². The summed E-state index contributed by atoms with van der Waals surface area (Å²) in [5.74, 6) is 2.48. The molecule has 2 rings (SSSR count). The third kappa shape index (κ3) is 6.00. The summed E-state index contributed by atoms with van der Waals surface area (Å²) in [6.07, 6.45) is 0.842. The zero-order valence-electron chi connectivity index (χ0n) is 17.7. The van der Waals surface area contributed by atoms with Gasteiger partial charge < -0.3 is 19.3 Å². The summed E-state index contributed by atoms with van der Waals surface area (Å²) >= 11 is 0. The van der Waals surface area contributed by atoms with Gasteiger partial charge >= 0.3 is 6.09 Å². The molecule has 1 amide bonds. The Hall–Kier alpha value is -2.52. The van der Waals surface area contributed by atoms with Crippen molar-refractivity contribution in [1.29, 1.82) is 0 Å². The third-order valence-electron chi connectivity index (χ3n) is 4.23. The molecule has 1 aliphatic rings. The average Bonchev–Trinajstić information content (AvgIpc) is 2.80. The van der Waals surface area contributed by atoms with E-state index in [9.17, 15) is 9.59 Å². The van der Waals surface area contributed by atoms with Crippen LogP contribution < -0.4 is 0 Å². The predicted octanol–water partition coefficient (Wildman–Crippen LogP) is 3.26. The van der Waals surface area contributed by atoms with Gasteiger partial charge in [-0.05, 0) is 50.7 Å². The molecule has 0 saturated carbocycles. The fourth-order valence-corrected chi connectivity index (χ4v) is 3.01. The molecule has 6 heteroatoms. The van der Waals surface area contributed by atoms with Gasteiger partial charge in [-0.2, -0.15) is 0 Å². The van der Waals surface area contributed by atoms with Crippen molar-refractivity contribution in [1.82, 2.24) is 9.80 Å². The number of ketones is 1. The topological polar surface area (TPSA) is 59.1 Å². The first-order valence-corrected chi connectivity index (χ1v) is 9.49. The Morgan fingerprint density at radius 1 is 1.25 bits per heavy atom. The molecule has 6 nitrogen and oxygen atoms in total. The summed E-state index contributed by atoms with van der Waals surface area (Å²) in [6.45, 7) is 6.43. The van der Waals surface area contributed by atoms with Gasteiger partial charge in [-0.25, -0.2) is 4.79 Å². The molecule has 152 valence electrons. The molecule has 0 radical (unpaired) electrons. The first kappa shape index (κ1) is 21.8. The molecule has 1 unspecified atom stereocenters. The Labute approximate surface area is 167 Å². The molecule has 0 N–H and O–H groups in total. The second-order valence-corrected chi connectivity index (χ2v) is 8.16. The van der Waals surface area contributed by atoms with Crippen molar-refractivity contribution in [3.8, 4) is 12.0 Å². The van der Waals surface area contributed by atoms with Crippen molar-refractivity contribution in [3.05, 3.63) is 34.9 Å². The van der Waals surface area contributed by atoms with E-state index in [1.54, 1.807) is 26.0 Å². The van der Waals surface area contributed by atoms with Crippen LogP contribution in [0.25, 0.3) is 0 Å². The second-order valence-electron chi connectivity index (χ2n) is 8.16. The molecule has 0 fully saturated rings. The van der Waals surface area contributed by atoms with E-state index in [1.807, 2.05) is 39.0 Å². The minimum Gasteiger partial charge on any atom is -0.444 e. The van der Waals surface area contributed by atoms with Crippen LogP contribution in [0, 0.1) is 12.0 Å². The number of hydrogen-bond donors (Lipinski definition) is 0. The number of carbonyl (C=O) groups excluding carboxylic acids is 2. The van der Waals surface area contributed by atoms with Crippen LogP contribution in [-0.2, 0) is 15.9 Å². The lowest BCUT2D eigenvalue weighted by Gasteiger charge is -2.28. The molecular weight excluding hydrogens is 356 g/mol. The van der Waals surface area contributed by atoms with Crippen LogP contribution in [0.2, 0.25) is 0 Å². The van der Waals surface area contributed by atoms with Gasteiger partial charge in [-0.3, -0.25) is 4.79 Å². The van der Waals surface area contributed by atoms with Crippen LogP contribution in [-0.4, -0.2) is 61.6 Å². The number of fused-ring (bicyclic) bond motifs is 1. The average molecular weight is 386 g/mol. The molecule has 1 aromatic carbocycles. The lowest BCUT2D eigenvalue weighted by Crippen LogP contribution is -2.37. The lowest BCUT2D eigenvalue weighted by atomic mass is 9.92. The Kier molecular flexibility index (Phi) is 7.09. The summed E-state index contributed by atoms with van der Waals surface area (Å²) in [5, 5.41) is 0. The van der Waals surface area contributed by atoms with Crippen molar-refractivity contribution in [3.63, 3.8) is 0 Å². The number of Topliss-reactive ketones (excluding diaryl/α,β-unsaturated/α-hetero) is 1. The van der Waals surface area contributed by atoms with Gasteiger partial charge in [0, 0.05) is 39.4 Å². The summed E-state index contributed by atoms with van der Waals surface area (Å²) in [7, 11) is 5.28. The Bertz CT molecular complexity index is 784. The smallest absolute Gasteiger partial charge is 0.410 e. The zero-order chi connectivity index (χ0) is 20.9. The molecule has 0 spiro atoms. The number of amides is 1. The first-order valence-electron chi connectivity index (χ1n) is 9.49. The first-order chi connectivity index (χ1) is 13.1. The SMILES string of the molecule is CN(C)C#CC(=O)c1cccc2c1CCCOC2CN(C)C(=O)OC(C)(C)C. The van der Waals surface area contributed by atoms with Gasteiger partial charge in [0.15, 0.2) is 0 Å². The largest absolute Gasteiger partial charge is 0.444 e. The number of carbonyl (C=O) groups is 2. The van der Waals surface area contributed by atoms with E-state index in [4.69, 9.17) is 9.47 Å². The molecule has 28 heavy (non-hydrogen) atoms. The maximum atomic E-state index is 12.6. The summed E-state index contributed by atoms with van der Waals surface area (Å²) in [5.41, 5.74) is 1.95. The highest BCUT2D eigenvalue weighted by molar-refractivity contribution is 6.10. The number of ether oxygens (including phenoxy) is 2. The summed E-state index contributed by atoms with van der Waals surface area (Å²) in [6, 6.07) is 8.40. The Morgan fingerprint density at radius 3 is 2.61 bits per heavy atom. The molecule has 1 heterocycles. The van der Waals surface area contributed by atoms with E-state index in [1.165, 1.54) is 4.90 Å². The number of likely N-dealkylation sites (N-methyl/N-ethyl adjacent to an activating group) is 1. The molecule has 0 aliphatic carbocycles. The number of rotatable bonds is 3. The molecule has 0 aromatic heterocycles. The minimum atomic E-state index is -0.557. The molecular formula is C22H30N2O4. The maximum absolute atomic E-state index is 12.6. The summed E-state index contributed by atoms with van der Waals surface area (Å²) in [4.78, 5) is 28.1. The van der Waals surface area contributed by atoms with Crippen molar-refractivity contribution in [2.45, 2.75) is 45.3 Å². The van der Waals surface area contributed by atoms with Crippen molar-refractivity contribution in [2.24, 2.45) is 0 Å². The van der Waals surface area contributed by atoms with Crippen LogP contribution in [0.15, 0.2) is 18.2 Å². The molecule has 1 atom stereocenters. The molecule has 0 saturated heterocycles. The zero-order valence-corrected chi connectivity index (χ0v) is 17.7. The number of nitrogens with zero attached hydrogens (tertiary/aromatic N) is 2. The lowest BCUT2D eigenvalue weighted by molar-refractivity contribution is 0.00408. The van der Waals surface area contributed by atoms with Crippen LogP contribution in [0.1, 0.15) is 54.8 Å². The molecule has 0 bridgehead atoms. The molecule has 1 aliphatic heterocycles. The van der Waals surface area contributed by atoms with E-state index in [0.717, 1.165) is 24.0 Å². The highest BCUT2D eigenvalue weighted by Gasteiger charge is 2.27. The minimum absolute atomic E-state index is 0.202. The number of benzene rings is 1. The predicted molar refractivity (Wildman–Crippen MR) is 108 cm³/mol. The van der Waals surface area contributed by atoms with Crippen LogP contribution in [0.3, 0.4) is 0 Å². The standard InChI is InChI=1S/C22H30N2O4/c1-22(2,3)28-21(26)24(6)15-20-18-10-7-9-17(16(18)11-8-14-27-20)19(25)12-13-23(4)5/h7,9-10,20H,8,11,14-15H2,1-6H3. The quantitative estimate of drug-likeness (QED) is 0.453. The maximum Gasteiger partial charge on any atom is 0.410 e. The fourth-order valence-electron chi connectivity index (χ4n) is 3.01. The summed E-state index contributed by atoms with van der Waals surface area (Å²) < 4.78 is 11.4. The normalized spacial score (nSPS) is 16.1. The second kappa shape index (κ2) is 9.11. The van der Waals surface area contributed by atoms with Gasteiger partial charge in [-0.15, -0.1) is 0 Å². The van der Waals surface area contributed by atoms with Crippen LogP contribution in [0.4, 0.5) is 4.79 Å². The Morgan fingerprint density at radius 2 is 1.96 bits per heavy atom. The van der Waals surface area contributed by atoms with Crippen molar-refractivity contribution >= 4 is 11.9 Å². The van der Waals surface area contributed by atoms with Gasteiger partial charge in [0.1, 0.15) is 11.7 Å². The van der Waals surface area contributed by atoms with E-state index in [0.29, 0.717) is 18.7 Å². The monoisotopic (exact) mass is 386 g/mol. The van der Waals surface area contributed by atoms with E-state index < -0.39 is 11.7 Å². The molecule has 1 aromatic rings. The third-order valence-corrected chi connectivity index (χ3v) is 4.23. The van der Waals surface area contributed by atoms with Gasteiger partial charge in [0.25, 0.3) is 0 Å². The van der Waals surface area contributed by atoms with Crippen LogP contribution in [0.5, 0.6) is 0 Å². The van der Waals surface area contributed by atoms with Gasteiger partial charge in [0.05, 0.1) is 6.54 Å². The van der Waals surface area contributed by atoms with E-state index >= 15 is 0 Å². The highest BCUT2D eigenvalue weighted by Crippen LogP contribution is 2.30. The fraction of sp³-hybridized carbons (Fsp3) is 0.545. The van der Waals surface area contributed by atoms with E-state index in [-0.39, 0.29) is 11.9 Å². The van der Waals surface area contributed by atoms with Crippen molar-refractivity contribution < 1.29 is 19.1 Å². The van der Waals surface area contributed by atoms with E-state index in [2.05, 4.69) is 12.0 Å². The van der Waals surface area contributed by atoms with Gasteiger partial charge in [-0.1, -0.05) is 18.2 Å².